The van der Waals surface area contributed by atoms with Crippen LogP contribution in [0.25, 0.3) is 0 Å². The number of rotatable bonds is 3. The molecule has 0 spiro atoms. The summed E-state index contributed by atoms with van der Waals surface area (Å²) in [7, 11) is 0. The fraction of sp³-hybridized carbons (Fsp3) is 1.00. The van der Waals surface area contributed by atoms with Crippen LogP contribution in [-0.4, -0.2) is 13.1 Å². The molecule has 1 heterocycles. The maximum atomic E-state index is 3.21. The first kappa shape index (κ1) is 11.0. The van der Waals surface area contributed by atoms with Crippen LogP contribution in [0.1, 0.15) is 46.5 Å². The lowest BCUT2D eigenvalue weighted by molar-refractivity contribution is 0.339. The average Bonchev–Trinajstić information content (AvgIpc) is 1.88. The van der Waals surface area contributed by atoms with Gasteiger partial charge >= 0.3 is 0 Å². The normalized spacial score (nSPS) is 16.6. The Kier molecular flexibility index (Phi) is 8.03. The minimum atomic E-state index is 1.00. The van der Waals surface area contributed by atoms with E-state index in [0.29, 0.717) is 0 Å². The number of hydrogen-bond donors (Lipinski definition) is 1. The monoisotopic (exact) mass is 157 g/mol. The van der Waals surface area contributed by atoms with E-state index in [1.54, 1.807) is 0 Å². The first-order valence-electron chi connectivity index (χ1n) is 5.05. The summed E-state index contributed by atoms with van der Waals surface area (Å²) < 4.78 is 0. The molecule has 1 aliphatic rings. The van der Waals surface area contributed by atoms with E-state index in [9.17, 15) is 0 Å². The zero-order valence-corrected chi connectivity index (χ0v) is 8.32. The van der Waals surface area contributed by atoms with Crippen LogP contribution in [-0.2, 0) is 0 Å². The second-order valence-electron chi connectivity index (χ2n) is 3.29. The molecule has 0 aromatic heterocycles. The molecule has 1 fully saturated rings. The molecular formula is C10H23N. The second-order valence-corrected chi connectivity index (χ2v) is 3.29. The lowest BCUT2D eigenvalue weighted by atomic mass is 10.0. The summed E-state index contributed by atoms with van der Waals surface area (Å²) >= 11 is 0. The predicted molar refractivity (Wildman–Crippen MR) is 51.8 cm³/mol. The van der Waals surface area contributed by atoms with Crippen molar-refractivity contribution in [3.63, 3.8) is 0 Å². The Balaban J connectivity index is 0.000000187. The predicted octanol–water partition coefficient (Wildman–Crippen LogP) is 2.81. The molecule has 0 radical (unpaired) electrons. The molecular weight excluding hydrogens is 134 g/mol. The minimum Gasteiger partial charge on any atom is -0.316 e. The van der Waals surface area contributed by atoms with Crippen LogP contribution in [0.3, 0.4) is 0 Å². The van der Waals surface area contributed by atoms with E-state index in [1.807, 2.05) is 0 Å². The smallest absolute Gasteiger partial charge is 0.000836 e. The van der Waals surface area contributed by atoms with Crippen LogP contribution in [0.5, 0.6) is 0 Å². The van der Waals surface area contributed by atoms with E-state index in [0.717, 1.165) is 5.92 Å². The molecule has 0 aromatic rings. The maximum absolute atomic E-state index is 3.21. The fourth-order valence-electron chi connectivity index (χ4n) is 0.991. The summed E-state index contributed by atoms with van der Waals surface area (Å²) in [6.07, 6.45) is 5.43. The van der Waals surface area contributed by atoms with Crippen molar-refractivity contribution in [3.8, 4) is 0 Å². The van der Waals surface area contributed by atoms with Crippen molar-refractivity contribution in [3.05, 3.63) is 0 Å². The van der Waals surface area contributed by atoms with Gasteiger partial charge in [0.2, 0.25) is 0 Å². The third-order valence-electron chi connectivity index (χ3n) is 2.15. The van der Waals surface area contributed by atoms with Crippen LogP contribution < -0.4 is 5.32 Å². The zero-order valence-electron chi connectivity index (χ0n) is 8.32. The van der Waals surface area contributed by atoms with Gasteiger partial charge in [0, 0.05) is 0 Å². The highest BCUT2D eigenvalue weighted by atomic mass is 14.9. The molecule has 1 saturated heterocycles. The first-order chi connectivity index (χ1) is 5.35. The molecule has 0 saturated carbocycles. The van der Waals surface area contributed by atoms with E-state index in [4.69, 9.17) is 0 Å². The lowest BCUT2D eigenvalue weighted by Gasteiger charge is -2.25. The number of nitrogens with one attached hydrogen (secondary N) is 1. The van der Waals surface area contributed by atoms with Crippen molar-refractivity contribution in [2.24, 2.45) is 5.92 Å². The molecule has 0 aromatic carbocycles. The van der Waals surface area contributed by atoms with Gasteiger partial charge in [0.1, 0.15) is 0 Å². The third-order valence-corrected chi connectivity index (χ3v) is 2.15. The van der Waals surface area contributed by atoms with Crippen LogP contribution in [0, 0.1) is 5.92 Å². The molecule has 1 rings (SSSR count). The average molecular weight is 157 g/mol. The van der Waals surface area contributed by atoms with E-state index in [-0.39, 0.29) is 0 Å². The highest BCUT2D eigenvalue weighted by molar-refractivity contribution is 4.71. The molecule has 0 unspecified atom stereocenters. The molecule has 68 valence electrons. The summed E-state index contributed by atoms with van der Waals surface area (Å²) in [4.78, 5) is 0. The van der Waals surface area contributed by atoms with Crippen molar-refractivity contribution in [1.82, 2.24) is 5.32 Å². The molecule has 0 aliphatic carbocycles. The van der Waals surface area contributed by atoms with Gasteiger partial charge in [0.05, 0.1) is 0 Å². The maximum Gasteiger partial charge on any atom is -0.000836 e. The highest BCUT2D eigenvalue weighted by Crippen LogP contribution is 2.05. The topological polar surface area (TPSA) is 12.0 Å². The van der Waals surface area contributed by atoms with Gasteiger partial charge in [-0.05, 0) is 19.0 Å². The summed E-state index contributed by atoms with van der Waals surface area (Å²) in [5.41, 5.74) is 0. The number of unbranched alkanes of at least 4 members (excludes halogenated alkanes) is 2. The van der Waals surface area contributed by atoms with Crippen molar-refractivity contribution in [1.29, 1.82) is 0 Å². The van der Waals surface area contributed by atoms with E-state index < -0.39 is 0 Å². The van der Waals surface area contributed by atoms with Gasteiger partial charge in [-0.3, -0.25) is 0 Å². The largest absolute Gasteiger partial charge is 0.316 e. The Morgan fingerprint density at radius 1 is 1.09 bits per heavy atom. The summed E-state index contributed by atoms with van der Waals surface area (Å²) in [6, 6.07) is 0. The summed E-state index contributed by atoms with van der Waals surface area (Å²) in [5, 5.41) is 3.21. The van der Waals surface area contributed by atoms with Crippen molar-refractivity contribution in [2.75, 3.05) is 13.1 Å². The van der Waals surface area contributed by atoms with E-state index in [2.05, 4.69) is 26.1 Å². The molecule has 1 heteroatoms. The van der Waals surface area contributed by atoms with Gasteiger partial charge in [-0.25, -0.2) is 0 Å². The summed E-state index contributed by atoms with van der Waals surface area (Å²) in [5.74, 6) is 1.00. The van der Waals surface area contributed by atoms with E-state index in [1.165, 1.54) is 38.8 Å². The zero-order chi connectivity index (χ0) is 8.53. The van der Waals surface area contributed by atoms with Gasteiger partial charge in [0.25, 0.3) is 0 Å². The van der Waals surface area contributed by atoms with Crippen molar-refractivity contribution < 1.29 is 0 Å². The van der Waals surface area contributed by atoms with Crippen LogP contribution in [0.15, 0.2) is 0 Å². The van der Waals surface area contributed by atoms with Crippen LogP contribution in [0.2, 0.25) is 0 Å². The molecule has 0 bridgehead atoms. The Labute approximate surface area is 71.6 Å². The molecule has 1 N–H and O–H groups in total. The lowest BCUT2D eigenvalue weighted by Crippen LogP contribution is -2.41. The Hall–Kier alpha value is -0.0400. The quantitative estimate of drug-likeness (QED) is 0.664. The second kappa shape index (κ2) is 8.06. The molecule has 1 aliphatic heterocycles. The third kappa shape index (κ3) is 6.36. The molecule has 11 heavy (non-hydrogen) atoms. The van der Waals surface area contributed by atoms with Gasteiger partial charge in [-0.1, -0.05) is 46.5 Å². The molecule has 1 nitrogen and oxygen atoms in total. The molecule has 0 atom stereocenters. The minimum absolute atomic E-state index is 1.00. The van der Waals surface area contributed by atoms with Gasteiger partial charge in [0.15, 0.2) is 0 Å². The van der Waals surface area contributed by atoms with Gasteiger partial charge in [-0.15, -0.1) is 0 Å². The number of hydrogen-bond acceptors (Lipinski definition) is 1. The fourth-order valence-corrected chi connectivity index (χ4v) is 0.991. The Bertz CT molecular complexity index is 62.5. The van der Waals surface area contributed by atoms with Gasteiger partial charge < -0.3 is 5.32 Å². The standard InChI is InChI=1S/C5H11N.C5H12/c1-2-5-3-6-4-5;1-3-5-4-2/h5-6H,2-4H2,1H3;3-5H2,1-2H3. The Morgan fingerprint density at radius 2 is 1.64 bits per heavy atom. The van der Waals surface area contributed by atoms with E-state index >= 15 is 0 Å². The highest BCUT2D eigenvalue weighted by Gasteiger charge is 2.12. The van der Waals surface area contributed by atoms with Gasteiger partial charge in [-0.2, -0.15) is 0 Å². The Morgan fingerprint density at radius 3 is 1.64 bits per heavy atom. The molecule has 0 amide bonds. The SMILES string of the molecule is CCC1CNC1.CCCCC. The summed E-state index contributed by atoms with van der Waals surface area (Å²) in [6.45, 7) is 9.19. The van der Waals surface area contributed by atoms with Crippen LogP contribution >= 0.6 is 0 Å². The first-order valence-corrected chi connectivity index (χ1v) is 5.05. The van der Waals surface area contributed by atoms with Crippen molar-refractivity contribution >= 4 is 0 Å². The van der Waals surface area contributed by atoms with Crippen molar-refractivity contribution in [2.45, 2.75) is 46.5 Å². The van der Waals surface area contributed by atoms with Crippen LogP contribution in [0.4, 0.5) is 0 Å².